The van der Waals surface area contributed by atoms with Crippen molar-refractivity contribution >= 4 is 31.9 Å². The first kappa shape index (κ1) is 12.5. The molecule has 0 amide bonds. The molecule has 1 heterocycles. The summed E-state index contributed by atoms with van der Waals surface area (Å²) in [5.41, 5.74) is 0. The number of rotatable bonds is 6. The molecule has 6 heteroatoms. The lowest BCUT2D eigenvalue weighted by molar-refractivity contribution is 0.0236. The van der Waals surface area contributed by atoms with Crippen LogP contribution in [0.5, 0.6) is 0 Å². The molecule has 0 aliphatic heterocycles. The van der Waals surface area contributed by atoms with Crippen molar-refractivity contribution in [2.45, 2.75) is 25.5 Å². The fourth-order valence-corrected chi connectivity index (χ4v) is 2.52. The van der Waals surface area contributed by atoms with Gasteiger partial charge in [-0.2, -0.15) is 0 Å². The van der Waals surface area contributed by atoms with Crippen molar-refractivity contribution in [1.29, 1.82) is 0 Å². The first-order valence-corrected chi connectivity index (χ1v) is 6.87. The van der Waals surface area contributed by atoms with E-state index in [-0.39, 0.29) is 0 Å². The second-order valence-electron chi connectivity index (χ2n) is 4.12. The van der Waals surface area contributed by atoms with Crippen LogP contribution >= 0.6 is 31.9 Å². The molecule has 1 saturated carbocycles. The third kappa shape index (κ3) is 3.84. The molecule has 2 rings (SSSR count). The Morgan fingerprint density at radius 3 is 2.88 bits per heavy atom. The molecule has 1 aromatic rings. The average Bonchev–Trinajstić information content (AvgIpc) is 2.95. The first-order chi connectivity index (χ1) is 7.65. The van der Waals surface area contributed by atoms with E-state index in [1.54, 1.807) is 0 Å². The van der Waals surface area contributed by atoms with Crippen LogP contribution < -0.4 is 0 Å². The first-order valence-electron chi connectivity index (χ1n) is 5.29. The lowest BCUT2D eigenvalue weighted by Gasteiger charge is -2.12. The molecule has 0 radical (unpaired) electrons. The monoisotopic (exact) mass is 352 g/mol. The van der Waals surface area contributed by atoms with Gasteiger partial charge in [-0.05, 0) is 50.6 Å². The standard InChI is InChI=1S/C10H14Br2N2O2/c11-9-4-14(10(12)13-9)3-8(15)6-16-5-7-1-2-7/h4,7-8,15H,1-3,5-6H2. The fourth-order valence-electron chi connectivity index (χ4n) is 1.43. The van der Waals surface area contributed by atoms with E-state index in [1.165, 1.54) is 12.8 Å². The molecule has 90 valence electrons. The molecule has 0 bridgehead atoms. The predicted octanol–water partition coefficient (Wildman–Crippen LogP) is 2.20. The van der Waals surface area contributed by atoms with E-state index in [2.05, 4.69) is 36.8 Å². The van der Waals surface area contributed by atoms with Crippen molar-refractivity contribution in [2.75, 3.05) is 13.2 Å². The summed E-state index contributed by atoms with van der Waals surface area (Å²) in [5.74, 6) is 0.737. The number of hydrogen-bond acceptors (Lipinski definition) is 3. The number of halogens is 2. The Hall–Kier alpha value is 0.0900. The molecule has 16 heavy (non-hydrogen) atoms. The van der Waals surface area contributed by atoms with Crippen LogP contribution in [-0.2, 0) is 11.3 Å². The van der Waals surface area contributed by atoms with Crippen molar-refractivity contribution in [3.05, 3.63) is 15.5 Å². The molecule has 1 atom stereocenters. The molecule has 1 unspecified atom stereocenters. The molecule has 1 aliphatic carbocycles. The second-order valence-corrected chi connectivity index (χ2v) is 5.64. The van der Waals surface area contributed by atoms with Crippen LogP contribution in [0.3, 0.4) is 0 Å². The van der Waals surface area contributed by atoms with Gasteiger partial charge in [-0.25, -0.2) is 4.98 Å². The Bertz CT molecular complexity index is 353. The van der Waals surface area contributed by atoms with Crippen LogP contribution in [0.15, 0.2) is 15.5 Å². The highest BCUT2D eigenvalue weighted by atomic mass is 79.9. The average molecular weight is 354 g/mol. The SMILES string of the molecule is OC(COCC1CC1)Cn1cc(Br)nc1Br. The fraction of sp³-hybridized carbons (Fsp3) is 0.700. The van der Waals surface area contributed by atoms with E-state index in [0.29, 0.717) is 17.9 Å². The minimum Gasteiger partial charge on any atom is -0.389 e. The molecule has 1 fully saturated rings. The number of aliphatic hydroxyl groups excluding tert-OH is 1. The van der Waals surface area contributed by atoms with Gasteiger partial charge in [0.2, 0.25) is 0 Å². The Balaban J connectivity index is 1.72. The predicted molar refractivity (Wildman–Crippen MR) is 67.2 cm³/mol. The molecule has 1 aromatic heterocycles. The van der Waals surface area contributed by atoms with Crippen molar-refractivity contribution in [1.82, 2.24) is 9.55 Å². The summed E-state index contributed by atoms with van der Waals surface area (Å²) >= 11 is 6.59. The van der Waals surface area contributed by atoms with Crippen LogP contribution in [0, 0.1) is 5.92 Å². The van der Waals surface area contributed by atoms with Crippen LogP contribution in [0.1, 0.15) is 12.8 Å². The number of nitrogens with zero attached hydrogens (tertiary/aromatic N) is 2. The van der Waals surface area contributed by atoms with Gasteiger partial charge in [0, 0.05) is 12.8 Å². The Kier molecular flexibility index (Phi) is 4.41. The molecule has 4 nitrogen and oxygen atoms in total. The van der Waals surface area contributed by atoms with E-state index in [9.17, 15) is 5.11 Å². The lowest BCUT2D eigenvalue weighted by atomic mass is 10.3. The van der Waals surface area contributed by atoms with E-state index in [1.807, 2.05) is 10.8 Å². The number of aliphatic hydroxyl groups is 1. The Morgan fingerprint density at radius 2 is 2.31 bits per heavy atom. The summed E-state index contributed by atoms with van der Waals surface area (Å²) in [6.07, 6.45) is 3.89. The van der Waals surface area contributed by atoms with Crippen LogP contribution in [0.25, 0.3) is 0 Å². The largest absolute Gasteiger partial charge is 0.389 e. The highest BCUT2D eigenvalue weighted by Crippen LogP contribution is 2.28. The van der Waals surface area contributed by atoms with Crippen LogP contribution in [0.2, 0.25) is 0 Å². The van der Waals surface area contributed by atoms with Crippen LogP contribution in [0.4, 0.5) is 0 Å². The zero-order chi connectivity index (χ0) is 11.5. The summed E-state index contributed by atoms with van der Waals surface area (Å²) < 4.78 is 8.73. The molecular formula is C10H14Br2N2O2. The van der Waals surface area contributed by atoms with Gasteiger partial charge in [-0.1, -0.05) is 0 Å². The third-order valence-electron chi connectivity index (χ3n) is 2.47. The van der Waals surface area contributed by atoms with Crippen molar-refractivity contribution in [3.63, 3.8) is 0 Å². The van der Waals surface area contributed by atoms with E-state index < -0.39 is 6.10 Å². The summed E-state index contributed by atoms with van der Waals surface area (Å²) in [6.45, 7) is 1.66. The van der Waals surface area contributed by atoms with E-state index >= 15 is 0 Å². The molecule has 1 aliphatic rings. The van der Waals surface area contributed by atoms with Gasteiger partial charge in [0.15, 0.2) is 4.73 Å². The van der Waals surface area contributed by atoms with Crippen molar-refractivity contribution in [3.8, 4) is 0 Å². The van der Waals surface area contributed by atoms with Gasteiger partial charge in [0.25, 0.3) is 0 Å². The molecule has 0 saturated heterocycles. The van der Waals surface area contributed by atoms with Gasteiger partial charge < -0.3 is 14.4 Å². The number of ether oxygens (including phenoxy) is 1. The van der Waals surface area contributed by atoms with Crippen LogP contribution in [-0.4, -0.2) is 34.0 Å². The number of imidazole rings is 1. The third-order valence-corrected chi connectivity index (χ3v) is 3.48. The van der Waals surface area contributed by atoms with Gasteiger partial charge >= 0.3 is 0 Å². The zero-order valence-corrected chi connectivity index (χ0v) is 11.9. The van der Waals surface area contributed by atoms with Gasteiger partial charge in [0.1, 0.15) is 4.60 Å². The minimum absolute atomic E-state index is 0.388. The summed E-state index contributed by atoms with van der Waals surface area (Å²) in [6, 6.07) is 0. The highest BCUT2D eigenvalue weighted by Gasteiger charge is 2.21. The second kappa shape index (κ2) is 5.62. The number of aromatic nitrogens is 2. The van der Waals surface area contributed by atoms with Gasteiger partial charge in [-0.3, -0.25) is 0 Å². The number of hydrogen-bond donors (Lipinski definition) is 1. The summed E-state index contributed by atoms with van der Waals surface area (Å²) in [5, 5.41) is 9.76. The topological polar surface area (TPSA) is 47.3 Å². The van der Waals surface area contributed by atoms with Gasteiger partial charge in [0.05, 0.1) is 19.3 Å². The lowest BCUT2D eigenvalue weighted by Crippen LogP contribution is -2.22. The normalized spacial score (nSPS) is 17.7. The molecule has 0 aromatic carbocycles. The Labute approximate surface area is 111 Å². The van der Waals surface area contributed by atoms with Crippen molar-refractivity contribution in [2.24, 2.45) is 5.92 Å². The van der Waals surface area contributed by atoms with Crippen molar-refractivity contribution < 1.29 is 9.84 Å². The maximum absolute atomic E-state index is 9.76. The quantitative estimate of drug-likeness (QED) is 0.852. The summed E-state index contributed by atoms with van der Waals surface area (Å²) in [7, 11) is 0. The van der Waals surface area contributed by atoms with Gasteiger partial charge in [-0.15, -0.1) is 0 Å². The smallest absolute Gasteiger partial charge is 0.178 e. The summed E-state index contributed by atoms with van der Waals surface area (Å²) in [4.78, 5) is 4.13. The maximum atomic E-state index is 9.76. The molecular weight excluding hydrogens is 340 g/mol. The van der Waals surface area contributed by atoms with E-state index in [0.717, 1.165) is 17.1 Å². The maximum Gasteiger partial charge on any atom is 0.178 e. The van der Waals surface area contributed by atoms with E-state index in [4.69, 9.17) is 4.74 Å². The molecule has 1 N–H and O–H groups in total. The Morgan fingerprint density at radius 1 is 1.56 bits per heavy atom. The highest BCUT2D eigenvalue weighted by molar-refractivity contribution is 9.11. The molecule has 0 spiro atoms. The minimum atomic E-state index is -0.490. The zero-order valence-electron chi connectivity index (χ0n) is 8.77.